The van der Waals surface area contributed by atoms with Crippen LogP contribution in [0.3, 0.4) is 0 Å². The van der Waals surface area contributed by atoms with Gasteiger partial charge in [-0.15, -0.1) is 0 Å². The van der Waals surface area contributed by atoms with Gasteiger partial charge in [-0.3, -0.25) is 0 Å². The Kier molecular flexibility index (Phi) is 4.94. The smallest absolute Gasteiger partial charge is 0.226 e. The Bertz CT molecular complexity index is 766. The van der Waals surface area contributed by atoms with Gasteiger partial charge in [-0.05, 0) is 49.6 Å². The molecule has 1 aromatic heterocycles. The van der Waals surface area contributed by atoms with Crippen LogP contribution in [-0.2, 0) is 6.42 Å². The minimum atomic E-state index is -0.501. The fourth-order valence-electron chi connectivity index (χ4n) is 2.49. The number of benzene rings is 2. The van der Waals surface area contributed by atoms with Crippen molar-refractivity contribution in [2.24, 2.45) is 0 Å². The van der Waals surface area contributed by atoms with Gasteiger partial charge < -0.3 is 9.52 Å². The largest absolute Gasteiger partial charge is 0.441 e. The molecule has 0 aliphatic rings. The van der Waals surface area contributed by atoms with Gasteiger partial charge in [0.15, 0.2) is 0 Å². The van der Waals surface area contributed by atoms with Crippen molar-refractivity contribution in [2.45, 2.75) is 25.9 Å². The summed E-state index contributed by atoms with van der Waals surface area (Å²) in [5.41, 5.74) is 2.79. The first-order valence-electron chi connectivity index (χ1n) is 7.59. The van der Waals surface area contributed by atoms with Crippen LogP contribution in [-0.4, -0.2) is 10.1 Å². The molecule has 3 aromatic rings. The summed E-state index contributed by atoms with van der Waals surface area (Å²) in [5, 5.41) is 10.3. The van der Waals surface area contributed by atoms with Gasteiger partial charge >= 0.3 is 0 Å². The molecule has 0 fully saturated rings. The molecule has 3 rings (SSSR count). The minimum Gasteiger partial charge on any atom is -0.441 e. The molecule has 0 aliphatic carbocycles. The van der Waals surface area contributed by atoms with E-state index in [-0.39, 0.29) is 0 Å². The molecule has 4 heteroatoms. The predicted octanol–water partition coefficient (Wildman–Crippen LogP) is 5.08. The highest BCUT2D eigenvalue weighted by Gasteiger charge is 2.14. The van der Waals surface area contributed by atoms with E-state index < -0.39 is 6.10 Å². The summed E-state index contributed by atoms with van der Waals surface area (Å²) in [5.74, 6) is 1.45. The third-order valence-electron chi connectivity index (χ3n) is 3.82. The summed E-state index contributed by atoms with van der Waals surface area (Å²) in [6, 6.07) is 17.6. The third-order valence-corrected chi connectivity index (χ3v) is 4.35. The summed E-state index contributed by atoms with van der Waals surface area (Å²) in [6.07, 6.45) is 0.794. The van der Waals surface area contributed by atoms with Crippen LogP contribution in [0.1, 0.15) is 29.5 Å². The zero-order valence-electron chi connectivity index (χ0n) is 12.9. The van der Waals surface area contributed by atoms with Gasteiger partial charge in [-0.2, -0.15) is 0 Å². The summed E-state index contributed by atoms with van der Waals surface area (Å²) in [7, 11) is 0. The lowest BCUT2D eigenvalue weighted by atomic mass is 10.0. The van der Waals surface area contributed by atoms with Crippen molar-refractivity contribution >= 4 is 15.9 Å². The second-order valence-corrected chi connectivity index (χ2v) is 6.41. The fraction of sp³-hybridized carbons (Fsp3) is 0.211. The molecular formula is C19H18BrNO2. The van der Waals surface area contributed by atoms with Crippen LogP contribution in [0.15, 0.2) is 63.5 Å². The molecule has 3 nitrogen and oxygen atoms in total. The van der Waals surface area contributed by atoms with E-state index in [0.29, 0.717) is 18.7 Å². The molecule has 1 heterocycles. The first-order chi connectivity index (χ1) is 11.1. The molecule has 118 valence electrons. The minimum absolute atomic E-state index is 0.501. The lowest BCUT2D eigenvalue weighted by Crippen LogP contribution is -2.00. The lowest BCUT2D eigenvalue weighted by molar-refractivity contribution is 0.167. The van der Waals surface area contributed by atoms with E-state index in [4.69, 9.17) is 4.42 Å². The Labute approximate surface area is 144 Å². The van der Waals surface area contributed by atoms with Crippen LogP contribution >= 0.6 is 15.9 Å². The van der Waals surface area contributed by atoms with Crippen molar-refractivity contribution in [1.29, 1.82) is 0 Å². The van der Waals surface area contributed by atoms with Crippen molar-refractivity contribution in [3.63, 3.8) is 0 Å². The first-order valence-corrected chi connectivity index (χ1v) is 8.38. The van der Waals surface area contributed by atoms with E-state index in [1.54, 1.807) is 0 Å². The summed E-state index contributed by atoms with van der Waals surface area (Å²) in [6.45, 7) is 1.92. The number of aliphatic hydroxyl groups is 1. The average Bonchev–Trinajstić information content (AvgIpc) is 2.95. The Hall–Kier alpha value is -1.91. The molecule has 0 radical (unpaired) electrons. The van der Waals surface area contributed by atoms with E-state index in [1.807, 2.05) is 61.5 Å². The van der Waals surface area contributed by atoms with Crippen LogP contribution in [0, 0.1) is 6.92 Å². The standard InChI is InChI=1S/C19H18BrNO2/c1-13-17(21-19(23-13)15-5-3-2-4-6-15)11-12-18(22)14-7-9-16(20)10-8-14/h2-10,18,22H,11-12H2,1H3/t18-/m0/s1. The maximum absolute atomic E-state index is 10.3. The first kappa shape index (κ1) is 16.0. The fourth-order valence-corrected chi connectivity index (χ4v) is 2.75. The predicted molar refractivity (Wildman–Crippen MR) is 94.1 cm³/mol. The zero-order valence-corrected chi connectivity index (χ0v) is 14.5. The molecule has 0 amide bonds. The molecule has 23 heavy (non-hydrogen) atoms. The summed E-state index contributed by atoms with van der Waals surface area (Å²) < 4.78 is 6.76. The van der Waals surface area contributed by atoms with Gasteiger partial charge in [0.05, 0.1) is 11.8 Å². The number of rotatable bonds is 5. The molecule has 0 saturated carbocycles. The van der Waals surface area contributed by atoms with Crippen LogP contribution in [0.5, 0.6) is 0 Å². The molecule has 1 N–H and O–H groups in total. The Morgan fingerprint density at radius 3 is 2.48 bits per heavy atom. The highest BCUT2D eigenvalue weighted by Crippen LogP contribution is 2.25. The average molecular weight is 372 g/mol. The normalized spacial score (nSPS) is 12.3. The van der Waals surface area contributed by atoms with Crippen LogP contribution < -0.4 is 0 Å². The summed E-state index contributed by atoms with van der Waals surface area (Å²) in [4.78, 5) is 4.57. The number of halogens is 1. The quantitative estimate of drug-likeness (QED) is 0.680. The number of aryl methyl sites for hydroxylation is 2. The van der Waals surface area contributed by atoms with Crippen molar-refractivity contribution in [3.05, 3.63) is 76.1 Å². The van der Waals surface area contributed by atoms with Gasteiger partial charge in [0, 0.05) is 10.0 Å². The Morgan fingerprint density at radius 1 is 1.09 bits per heavy atom. The molecule has 0 saturated heterocycles. The van der Waals surface area contributed by atoms with Gasteiger partial charge in [0.25, 0.3) is 0 Å². The monoisotopic (exact) mass is 371 g/mol. The lowest BCUT2D eigenvalue weighted by Gasteiger charge is -2.10. The van der Waals surface area contributed by atoms with E-state index in [0.717, 1.165) is 27.1 Å². The van der Waals surface area contributed by atoms with E-state index >= 15 is 0 Å². The number of oxazole rings is 1. The van der Waals surface area contributed by atoms with Gasteiger partial charge in [0.2, 0.25) is 5.89 Å². The maximum Gasteiger partial charge on any atom is 0.226 e. The second-order valence-electron chi connectivity index (χ2n) is 5.49. The Balaban J connectivity index is 1.69. The Morgan fingerprint density at radius 2 is 1.78 bits per heavy atom. The van der Waals surface area contributed by atoms with Gasteiger partial charge in [-0.25, -0.2) is 4.98 Å². The second kappa shape index (κ2) is 7.11. The highest BCUT2D eigenvalue weighted by molar-refractivity contribution is 9.10. The SMILES string of the molecule is Cc1oc(-c2ccccc2)nc1CC[C@H](O)c1ccc(Br)cc1. The number of aromatic nitrogens is 1. The maximum atomic E-state index is 10.3. The molecule has 0 unspecified atom stereocenters. The topological polar surface area (TPSA) is 46.3 Å². The van der Waals surface area contributed by atoms with Crippen LogP contribution in [0.2, 0.25) is 0 Å². The van der Waals surface area contributed by atoms with Crippen molar-refractivity contribution in [3.8, 4) is 11.5 Å². The molecule has 0 bridgehead atoms. The molecule has 1 atom stereocenters. The van der Waals surface area contributed by atoms with Crippen molar-refractivity contribution < 1.29 is 9.52 Å². The van der Waals surface area contributed by atoms with Crippen molar-refractivity contribution in [1.82, 2.24) is 4.98 Å². The molecule has 2 aromatic carbocycles. The van der Waals surface area contributed by atoms with Crippen LogP contribution in [0.4, 0.5) is 0 Å². The van der Waals surface area contributed by atoms with E-state index in [2.05, 4.69) is 20.9 Å². The molecular weight excluding hydrogens is 354 g/mol. The van der Waals surface area contributed by atoms with Crippen molar-refractivity contribution in [2.75, 3.05) is 0 Å². The zero-order chi connectivity index (χ0) is 16.2. The van der Waals surface area contributed by atoms with Crippen LogP contribution in [0.25, 0.3) is 11.5 Å². The molecule has 0 spiro atoms. The third kappa shape index (κ3) is 3.89. The molecule has 0 aliphatic heterocycles. The number of hydrogen-bond acceptors (Lipinski definition) is 3. The van der Waals surface area contributed by atoms with E-state index in [9.17, 15) is 5.11 Å². The number of nitrogens with zero attached hydrogens (tertiary/aromatic N) is 1. The number of aliphatic hydroxyl groups excluding tert-OH is 1. The summed E-state index contributed by atoms with van der Waals surface area (Å²) >= 11 is 3.40. The van der Waals surface area contributed by atoms with E-state index in [1.165, 1.54) is 0 Å². The highest BCUT2D eigenvalue weighted by atomic mass is 79.9. The van der Waals surface area contributed by atoms with Gasteiger partial charge in [0.1, 0.15) is 5.76 Å². The number of hydrogen-bond donors (Lipinski definition) is 1. The van der Waals surface area contributed by atoms with Gasteiger partial charge in [-0.1, -0.05) is 46.3 Å².